The summed E-state index contributed by atoms with van der Waals surface area (Å²) < 4.78 is 0. The van der Waals surface area contributed by atoms with Crippen molar-refractivity contribution < 1.29 is 10.2 Å². The van der Waals surface area contributed by atoms with Crippen LogP contribution in [0.2, 0.25) is 0 Å². The summed E-state index contributed by atoms with van der Waals surface area (Å²) in [4.78, 5) is 0. The fourth-order valence-electron chi connectivity index (χ4n) is 5.80. The number of aryl methyl sites for hydroxylation is 2. The van der Waals surface area contributed by atoms with Gasteiger partial charge in [-0.3, -0.25) is 0 Å². The Morgan fingerprint density at radius 1 is 0.516 bits per heavy atom. The molecule has 2 nitrogen and oxygen atoms in total. The Balaban J connectivity index is 2.00. The van der Waals surface area contributed by atoms with E-state index in [2.05, 4.69) is 26.0 Å². The molecule has 170 valence electrons. The molecular formula is C29H42O2. The molecule has 1 aliphatic rings. The third-order valence-electron chi connectivity index (χ3n) is 7.41. The van der Waals surface area contributed by atoms with Crippen LogP contribution >= 0.6 is 0 Å². The second-order valence-corrected chi connectivity index (χ2v) is 9.82. The lowest BCUT2D eigenvalue weighted by molar-refractivity contribution is 0.387. The van der Waals surface area contributed by atoms with Crippen molar-refractivity contribution in [3.8, 4) is 11.5 Å². The van der Waals surface area contributed by atoms with Gasteiger partial charge in [0.2, 0.25) is 0 Å². The van der Waals surface area contributed by atoms with Crippen LogP contribution in [0.5, 0.6) is 11.5 Å². The van der Waals surface area contributed by atoms with E-state index in [9.17, 15) is 10.2 Å². The predicted molar refractivity (Wildman–Crippen MR) is 131 cm³/mol. The average Bonchev–Trinajstić information content (AvgIpc) is 2.73. The zero-order valence-electron chi connectivity index (χ0n) is 19.8. The summed E-state index contributed by atoms with van der Waals surface area (Å²) in [5.74, 6) is 0.687. The van der Waals surface area contributed by atoms with Crippen molar-refractivity contribution >= 4 is 0 Å². The van der Waals surface area contributed by atoms with Crippen molar-refractivity contribution in [2.24, 2.45) is 0 Å². The molecule has 0 heterocycles. The van der Waals surface area contributed by atoms with Crippen LogP contribution < -0.4 is 0 Å². The molecule has 2 heteroatoms. The van der Waals surface area contributed by atoms with Crippen LogP contribution in [0, 0.1) is 13.8 Å². The Morgan fingerprint density at radius 3 is 1.16 bits per heavy atom. The number of rotatable bonds is 2. The third-order valence-corrected chi connectivity index (χ3v) is 7.41. The third kappa shape index (κ3) is 6.28. The number of phenols is 2. The summed E-state index contributed by atoms with van der Waals surface area (Å²) in [6.07, 6.45) is 18.3. The fourth-order valence-corrected chi connectivity index (χ4v) is 5.80. The maximum absolute atomic E-state index is 10.1. The number of aromatic hydroxyl groups is 2. The lowest BCUT2D eigenvalue weighted by atomic mass is 9.65. The van der Waals surface area contributed by atoms with E-state index in [0.29, 0.717) is 11.5 Å². The number of hydrogen-bond acceptors (Lipinski definition) is 2. The molecule has 0 bridgehead atoms. The summed E-state index contributed by atoms with van der Waals surface area (Å²) in [7, 11) is 0. The molecule has 3 rings (SSSR count). The first-order valence-electron chi connectivity index (χ1n) is 12.6. The quantitative estimate of drug-likeness (QED) is 0.509. The SMILES string of the molecule is Cc1cc(O)ccc1C1(c2ccc(O)cc2C)CCCCCCCCCCCCCC1. The van der Waals surface area contributed by atoms with Gasteiger partial charge in [0, 0.05) is 5.41 Å². The largest absolute Gasteiger partial charge is 0.508 e. The van der Waals surface area contributed by atoms with Gasteiger partial charge >= 0.3 is 0 Å². The van der Waals surface area contributed by atoms with Gasteiger partial charge in [0.05, 0.1) is 0 Å². The van der Waals surface area contributed by atoms with Gasteiger partial charge in [-0.05, 0) is 73.2 Å². The van der Waals surface area contributed by atoms with E-state index < -0.39 is 0 Å². The molecule has 0 radical (unpaired) electrons. The van der Waals surface area contributed by atoms with Crippen LogP contribution in [0.1, 0.15) is 112 Å². The van der Waals surface area contributed by atoms with E-state index in [4.69, 9.17) is 0 Å². The highest BCUT2D eigenvalue weighted by atomic mass is 16.3. The van der Waals surface area contributed by atoms with Crippen molar-refractivity contribution in [3.63, 3.8) is 0 Å². The van der Waals surface area contributed by atoms with Crippen molar-refractivity contribution in [1.29, 1.82) is 0 Å². The molecule has 0 aromatic heterocycles. The fraction of sp³-hybridized carbons (Fsp3) is 0.586. The molecule has 1 saturated carbocycles. The van der Waals surface area contributed by atoms with Crippen LogP contribution in [0.25, 0.3) is 0 Å². The van der Waals surface area contributed by atoms with Crippen LogP contribution in [-0.2, 0) is 5.41 Å². The molecule has 1 aliphatic carbocycles. The molecule has 2 aromatic carbocycles. The van der Waals surface area contributed by atoms with Crippen LogP contribution in [0.3, 0.4) is 0 Å². The molecular weight excluding hydrogens is 380 g/mol. The topological polar surface area (TPSA) is 40.5 Å². The van der Waals surface area contributed by atoms with Gasteiger partial charge in [-0.25, -0.2) is 0 Å². The van der Waals surface area contributed by atoms with Crippen LogP contribution in [0.15, 0.2) is 36.4 Å². The normalized spacial score (nSPS) is 19.3. The highest BCUT2D eigenvalue weighted by Gasteiger charge is 2.36. The summed E-state index contributed by atoms with van der Waals surface area (Å²) in [6.45, 7) is 4.28. The zero-order valence-corrected chi connectivity index (χ0v) is 19.8. The van der Waals surface area contributed by atoms with Gasteiger partial charge in [0.25, 0.3) is 0 Å². The van der Waals surface area contributed by atoms with Crippen molar-refractivity contribution in [2.45, 2.75) is 109 Å². The highest BCUT2D eigenvalue weighted by Crippen LogP contribution is 2.46. The zero-order chi connectivity index (χ0) is 22.1. The highest BCUT2D eigenvalue weighted by molar-refractivity contribution is 5.49. The minimum Gasteiger partial charge on any atom is -0.508 e. The summed E-state index contributed by atoms with van der Waals surface area (Å²) in [6, 6.07) is 11.9. The summed E-state index contributed by atoms with van der Waals surface area (Å²) in [5, 5.41) is 20.2. The summed E-state index contributed by atoms with van der Waals surface area (Å²) in [5.41, 5.74) is 4.98. The minimum atomic E-state index is -0.0598. The first-order valence-corrected chi connectivity index (χ1v) is 12.6. The maximum atomic E-state index is 10.1. The first-order chi connectivity index (χ1) is 15.0. The monoisotopic (exact) mass is 422 g/mol. The van der Waals surface area contributed by atoms with Crippen LogP contribution in [0.4, 0.5) is 0 Å². The Morgan fingerprint density at radius 2 is 0.839 bits per heavy atom. The van der Waals surface area contributed by atoms with E-state index in [1.54, 1.807) is 0 Å². The molecule has 0 atom stereocenters. The van der Waals surface area contributed by atoms with E-state index >= 15 is 0 Å². The number of phenolic OH excluding ortho intramolecular Hbond substituents is 2. The van der Waals surface area contributed by atoms with Gasteiger partial charge in [0.1, 0.15) is 11.5 Å². The molecule has 0 spiro atoms. The average molecular weight is 423 g/mol. The van der Waals surface area contributed by atoms with Gasteiger partial charge in [-0.2, -0.15) is 0 Å². The molecule has 0 aliphatic heterocycles. The second kappa shape index (κ2) is 11.6. The molecule has 31 heavy (non-hydrogen) atoms. The van der Waals surface area contributed by atoms with Gasteiger partial charge in [-0.1, -0.05) is 89.2 Å². The number of benzene rings is 2. The van der Waals surface area contributed by atoms with Gasteiger partial charge in [-0.15, -0.1) is 0 Å². The molecule has 0 unspecified atom stereocenters. The second-order valence-electron chi connectivity index (χ2n) is 9.82. The maximum Gasteiger partial charge on any atom is 0.115 e. The predicted octanol–water partition coefficient (Wildman–Crippen LogP) is 8.48. The van der Waals surface area contributed by atoms with E-state index in [0.717, 1.165) is 12.8 Å². The lowest BCUT2D eigenvalue weighted by Gasteiger charge is -2.38. The van der Waals surface area contributed by atoms with E-state index in [-0.39, 0.29) is 5.41 Å². The first kappa shape index (κ1) is 23.7. The molecule has 2 N–H and O–H groups in total. The Bertz CT molecular complexity index is 754. The van der Waals surface area contributed by atoms with E-state index in [1.165, 1.54) is 99.3 Å². The number of hydrogen-bond donors (Lipinski definition) is 2. The molecule has 0 saturated heterocycles. The van der Waals surface area contributed by atoms with Crippen molar-refractivity contribution in [1.82, 2.24) is 0 Å². The Kier molecular flexibility index (Phi) is 8.87. The lowest BCUT2D eigenvalue weighted by Crippen LogP contribution is -2.30. The minimum absolute atomic E-state index is 0.0598. The molecule has 2 aromatic rings. The van der Waals surface area contributed by atoms with Gasteiger partial charge in [0.15, 0.2) is 0 Å². The summed E-state index contributed by atoms with van der Waals surface area (Å²) >= 11 is 0. The molecule has 1 fully saturated rings. The Hall–Kier alpha value is -1.96. The smallest absolute Gasteiger partial charge is 0.115 e. The van der Waals surface area contributed by atoms with Gasteiger partial charge < -0.3 is 10.2 Å². The molecule has 0 amide bonds. The van der Waals surface area contributed by atoms with Crippen LogP contribution in [-0.4, -0.2) is 10.2 Å². The van der Waals surface area contributed by atoms with Crippen molar-refractivity contribution in [2.75, 3.05) is 0 Å². The standard InChI is InChI=1S/C29H42O2/c1-23-21-25(30)15-17-27(23)29(28-18-16-26(31)22-24(28)2)19-13-11-9-7-5-3-4-6-8-10-12-14-20-29/h15-18,21-22,30-31H,3-14,19-20H2,1-2H3. The van der Waals surface area contributed by atoms with Crippen molar-refractivity contribution in [3.05, 3.63) is 58.7 Å². The van der Waals surface area contributed by atoms with E-state index in [1.807, 2.05) is 24.3 Å². The Labute approximate surface area is 189 Å².